The molecule has 0 saturated heterocycles. The quantitative estimate of drug-likeness (QED) is 0.482. The number of anilines is 1. The van der Waals surface area contributed by atoms with Crippen molar-refractivity contribution in [1.82, 2.24) is 15.2 Å². The van der Waals surface area contributed by atoms with Gasteiger partial charge in [-0.15, -0.1) is 10.2 Å². The molecule has 32 heavy (non-hydrogen) atoms. The third kappa shape index (κ3) is 4.02. The predicted octanol–water partition coefficient (Wildman–Crippen LogP) is 5.29. The first-order valence-corrected chi connectivity index (χ1v) is 11.0. The number of thioether (sulfide) groups is 1. The molecule has 1 aliphatic heterocycles. The molecule has 0 spiro atoms. The molecule has 6 nitrogen and oxygen atoms in total. The molecule has 1 amide bonds. The topological polar surface area (TPSA) is 68.2 Å². The van der Waals surface area contributed by atoms with Gasteiger partial charge >= 0.3 is 0 Å². The Bertz CT molecular complexity index is 1180. The van der Waals surface area contributed by atoms with Crippen LogP contribution >= 0.6 is 11.8 Å². The number of aromatic nitrogens is 3. The Hall–Kier alpha value is -3.14. The zero-order valence-corrected chi connectivity index (χ0v) is 18.1. The van der Waals surface area contributed by atoms with Gasteiger partial charge in [-0.1, -0.05) is 37.7 Å². The van der Waals surface area contributed by atoms with Gasteiger partial charge in [0, 0.05) is 12.0 Å². The minimum absolute atomic E-state index is 0.0525. The minimum atomic E-state index is -1.38. The zero-order valence-electron chi connectivity index (χ0n) is 17.3. The van der Waals surface area contributed by atoms with Crippen LogP contribution in [-0.2, 0) is 4.79 Å². The largest absolute Gasteiger partial charge is 0.447 e. The van der Waals surface area contributed by atoms with E-state index in [1.165, 1.54) is 47.0 Å². The molecule has 4 rings (SSSR count). The Morgan fingerprint density at radius 3 is 2.72 bits per heavy atom. The molecule has 3 aromatic rings. The van der Waals surface area contributed by atoms with Gasteiger partial charge in [0.1, 0.15) is 5.82 Å². The van der Waals surface area contributed by atoms with E-state index in [2.05, 4.69) is 15.2 Å². The van der Waals surface area contributed by atoms with Gasteiger partial charge in [0.05, 0.1) is 11.3 Å². The SMILES string of the molecule is CCCC(=O)N1c2ccc(F)cc2-c2nnc(SCC)nc2O[C@H]1c1cccc(F)c1F. The molecule has 0 bridgehead atoms. The standard InChI is InChI=1S/C22H19F3N4O2S/c1-3-6-17(30)29-16-10-9-12(23)11-14(16)19-20(26-22(28-27-19)32-4-2)31-21(29)13-7-5-8-15(24)18(13)25/h5,7-11,21H,3-4,6H2,1-2H3/t21-/m0/s1. The Kier molecular flexibility index (Phi) is 6.31. The third-order valence-electron chi connectivity index (χ3n) is 4.82. The van der Waals surface area contributed by atoms with Gasteiger partial charge in [0.25, 0.3) is 0 Å². The summed E-state index contributed by atoms with van der Waals surface area (Å²) in [5, 5.41) is 8.51. The van der Waals surface area contributed by atoms with Crippen LogP contribution in [0.1, 0.15) is 38.5 Å². The van der Waals surface area contributed by atoms with Crippen molar-refractivity contribution in [3.05, 3.63) is 59.4 Å². The van der Waals surface area contributed by atoms with E-state index in [4.69, 9.17) is 4.74 Å². The normalized spacial score (nSPS) is 14.9. The van der Waals surface area contributed by atoms with Gasteiger partial charge in [-0.3, -0.25) is 9.69 Å². The smallest absolute Gasteiger partial charge is 0.247 e. The summed E-state index contributed by atoms with van der Waals surface area (Å²) in [5.74, 6) is -2.60. The van der Waals surface area contributed by atoms with E-state index in [0.717, 1.165) is 6.07 Å². The number of nitrogens with zero attached hydrogens (tertiary/aromatic N) is 4. The fourth-order valence-electron chi connectivity index (χ4n) is 3.45. The van der Waals surface area contributed by atoms with Crippen molar-refractivity contribution in [3.8, 4) is 17.1 Å². The summed E-state index contributed by atoms with van der Waals surface area (Å²) in [6, 6.07) is 7.39. The van der Waals surface area contributed by atoms with Gasteiger partial charge in [-0.2, -0.15) is 4.98 Å². The fraction of sp³-hybridized carbons (Fsp3) is 0.273. The number of carbonyl (C=O) groups excluding carboxylic acids is 1. The van der Waals surface area contributed by atoms with E-state index in [-0.39, 0.29) is 34.8 Å². The van der Waals surface area contributed by atoms with E-state index < -0.39 is 29.6 Å². The molecule has 1 aromatic heterocycles. The summed E-state index contributed by atoms with van der Waals surface area (Å²) in [4.78, 5) is 18.7. The minimum Gasteiger partial charge on any atom is -0.447 e. The van der Waals surface area contributed by atoms with Crippen molar-refractivity contribution in [3.63, 3.8) is 0 Å². The van der Waals surface area contributed by atoms with E-state index in [9.17, 15) is 18.0 Å². The second-order valence-electron chi connectivity index (χ2n) is 6.97. The highest BCUT2D eigenvalue weighted by molar-refractivity contribution is 7.99. The highest BCUT2D eigenvalue weighted by Crippen LogP contribution is 2.44. The molecule has 0 N–H and O–H groups in total. The fourth-order valence-corrected chi connectivity index (χ4v) is 3.95. The van der Waals surface area contributed by atoms with E-state index >= 15 is 0 Å². The Labute approximate surface area is 186 Å². The lowest BCUT2D eigenvalue weighted by atomic mass is 10.1. The second-order valence-corrected chi connectivity index (χ2v) is 8.20. The van der Waals surface area contributed by atoms with Crippen LogP contribution in [0.2, 0.25) is 0 Å². The summed E-state index contributed by atoms with van der Waals surface area (Å²) in [6.45, 7) is 3.72. The van der Waals surface area contributed by atoms with Crippen molar-refractivity contribution in [2.45, 2.75) is 38.1 Å². The maximum Gasteiger partial charge on any atom is 0.247 e. The van der Waals surface area contributed by atoms with Crippen molar-refractivity contribution in [2.75, 3.05) is 10.7 Å². The molecule has 0 radical (unpaired) electrons. The maximum atomic E-state index is 14.9. The second kappa shape index (κ2) is 9.15. The molecule has 0 unspecified atom stereocenters. The summed E-state index contributed by atoms with van der Waals surface area (Å²) in [5.41, 5.74) is 0.371. The van der Waals surface area contributed by atoms with Gasteiger partial charge in [0.2, 0.25) is 23.2 Å². The number of amides is 1. The third-order valence-corrected chi connectivity index (χ3v) is 5.54. The van der Waals surface area contributed by atoms with Crippen molar-refractivity contribution in [2.24, 2.45) is 0 Å². The predicted molar refractivity (Wildman–Crippen MR) is 114 cm³/mol. The first-order valence-electron chi connectivity index (χ1n) is 10.0. The van der Waals surface area contributed by atoms with Gasteiger partial charge in [0.15, 0.2) is 17.3 Å². The van der Waals surface area contributed by atoms with Crippen LogP contribution in [0.3, 0.4) is 0 Å². The monoisotopic (exact) mass is 460 g/mol. The number of rotatable bonds is 5. The molecule has 0 fully saturated rings. The average molecular weight is 460 g/mol. The van der Waals surface area contributed by atoms with Gasteiger partial charge < -0.3 is 4.74 Å². The molecule has 0 aliphatic carbocycles. The average Bonchev–Trinajstić information content (AvgIpc) is 2.90. The van der Waals surface area contributed by atoms with Crippen molar-refractivity contribution < 1.29 is 22.7 Å². The number of halogens is 3. The lowest BCUT2D eigenvalue weighted by molar-refractivity contribution is -0.120. The molecule has 10 heteroatoms. The maximum absolute atomic E-state index is 14.9. The van der Waals surface area contributed by atoms with Crippen molar-refractivity contribution >= 4 is 23.4 Å². The zero-order chi connectivity index (χ0) is 22.8. The van der Waals surface area contributed by atoms with Crippen LogP contribution in [0.15, 0.2) is 41.6 Å². The van der Waals surface area contributed by atoms with Crippen LogP contribution in [0.5, 0.6) is 5.88 Å². The highest BCUT2D eigenvalue weighted by Gasteiger charge is 2.37. The number of benzene rings is 2. The molecule has 166 valence electrons. The number of hydrogen-bond donors (Lipinski definition) is 0. The number of carbonyl (C=O) groups is 1. The molecule has 1 aliphatic rings. The first kappa shape index (κ1) is 22.1. The first-order chi connectivity index (χ1) is 15.4. The molecule has 1 atom stereocenters. The summed E-state index contributed by atoms with van der Waals surface area (Å²) in [6.07, 6.45) is -0.765. The lowest BCUT2D eigenvalue weighted by Gasteiger charge is -2.31. The number of fused-ring (bicyclic) bond motifs is 3. The summed E-state index contributed by atoms with van der Waals surface area (Å²) < 4.78 is 49.2. The van der Waals surface area contributed by atoms with Gasteiger partial charge in [-0.25, -0.2) is 13.2 Å². The molecular formula is C22H19F3N4O2S. The summed E-state index contributed by atoms with van der Waals surface area (Å²) >= 11 is 1.30. The molecule has 2 aromatic carbocycles. The number of ether oxygens (including phenoxy) is 1. The molecular weight excluding hydrogens is 441 g/mol. The Balaban J connectivity index is 2.00. The van der Waals surface area contributed by atoms with Crippen LogP contribution in [-0.4, -0.2) is 26.8 Å². The lowest BCUT2D eigenvalue weighted by Crippen LogP contribution is -2.38. The highest BCUT2D eigenvalue weighted by atomic mass is 32.2. The Morgan fingerprint density at radius 2 is 1.97 bits per heavy atom. The van der Waals surface area contributed by atoms with E-state index in [1.807, 2.05) is 13.8 Å². The van der Waals surface area contributed by atoms with Crippen LogP contribution < -0.4 is 9.64 Å². The summed E-state index contributed by atoms with van der Waals surface area (Å²) in [7, 11) is 0. The van der Waals surface area contributed by atoms with Crippen LogP contribution in [0.4, 0.5) is 18.9 Å². The van der Waals surface area contributed by atoms with E-state index in [1.54, 1.807) is 0 Å². The molecule has 0 saturated carbocycles. The van der Waals surface area contributed by atoms with Crippen LogP contribution in [0.25, 0.3) is 11.3 Å². The Morgan fingerprint density at radius 1 is 1.16 bits per heavy atom. The van der Waals surface area contributed by atoms with Crippen LogP contribution in [0, 0.1) is 17.5 Å². The van der Waals surface area contributed by atoms with Gasteiger partial charge in [-0.05, 0) is 36.4 Å². The molecule has 2 heterocycles. The van der Waals surface area contributed by atoms with Crippen molar-refractivity contribution in [1.29, 1.82) is 0 Å². The van der Waals surface area contributed by atoms with E-state index in [0.29, 0.717) is 17.3 Å². The number of hydrogen-bond acceptors (Lipinski definition) is 6.